The summed E-state index contributed by atoms with van der Waals surface area (Å²) < 4.78 is 5.19. The lowest BCUT2D eigenvalue weighted by Gasteiger charge is -2.19. The van der Waals surface area contributed by atoms with Crippen LogP contribution in [0.3, 0.4) is 0 Å². The number of alkyl carbamates (subject to hydrolysis) is 1. The van der Waals surface area contributed by atoms with E-state index in [2.05, 4.69) is 31.1 Å². The average Bonchev–Trinajstić information content (AvgIpc) is 2.77. The summed E-state index contributed by atoms with van der Waals surface area (Å²) in [6.45, 7) is 6.51. The van der Waals surface area contributed by atoms with Crippen LogP contribution in [0.15, 0.2) is 24.3 Å². The number of hydrogen-bond acceptors (Lipinski definition) is 9. The van der Waals surface area contributed by atoms with Gasteiger partial charge in [-0.15, -0.1) is 10.2 Å². The van der Waals surface area contributed by atoms with Crippen molar-refractivity contribution in [2.45, 2.75) is 45.6 Å². The van der Waals surface area contributed by atoms with Crippen LogP contribution >= 0.6 is 0 Å². The van der Waals surface area contributed by atoms with Crippen LogP contribution in [-0.4, -0.2) is 60.0 Å². The number of rotatable bonds is 10. The molecule has 0 saturated carbocycles. The third-order valence-electron chi connectivity index (χ3n) is 4.42. The van der Waals surface area contributed by atoms with E-state index in [9.17, 15) is 14.9 Å². The van der Waals surface area contributed by atoms with Crippen molar-refractivity contribution in [1.82, 2.24) is 20.5 Å². The topological polar surface area (TPSA) is 145 Å². The van der Waals surface area contributed by atoms with E-state index in [4.69, 9.17) is 4.74 Å². The summed E-state index contributed by atoms with van der Waals surface area (Å²) >= 11 is 0. The number of ether oxygens (including phenoxy) is 1. The van der Waals surface area contributed by atoms with Crippen LogP contribution < -0.4 is 20.9 Å². The summed E-state index contributed by atoms with van der Waals surface area (Å²) in [5.41, 5.74) is -0.0228. The van der Waals surface area contributed by atoms with Crippen molar-refractivity contribution in [2.24, 2.45) is 0 Å². The Kier molecular flexibility index (Phi) is 9.55. The van der Waals surface area contributed by atoms with Gasteiger partial charge in [0.05, 0.1) is 5.56 Å². The molecule has 0 saturated heterocycles. The van der Waals surface area contributed by atoms with E-state index >= 15 is 0 Å². The summed E-state index contributed by atoms with van der Waals surface area (Å²) in [5, 5.41) is 25.8. The lowest BCUT2D eigenvalue weighted by atomic mass is 10.2. The summed E-state index contributed by atoms with van der Waals surface area (Å²) in [7, 11) is 3.69. The first-order valence-corrected chi connectivity index (χ1v) is 11.0. The van der Waals surface area contributed by atoms with Crippen molar-refractivity contribution in [1.29, 1.82) is 5.26 Å². The molecule has 34 heavy (non-hydrogen) atoms. The predicted octanol–water partition coefficient (Wildman–Crippen LogP) is 3.17. The number of nitrogens with zero attached hydrogens (tertiary/aromatic N) is 5. The quantitative estimate of drug-likeness (QED) is 0.448. The van der Waals surface area contributed by atoms with Gasteiger partial charge in [-0.3, -0.25) is 4.79 Å². The molecule has 3 N–H and O–H groups in total. The molecule has 11 nitrogen and oxygen atoms in total. The molecule has 182 valence electrons. The number of pyridine rings is 1. The number of nitriles is 1. The van der Waals surface area contributed by atoms with Crippen molar-refractivity contribution >= 4 is 29.5 Å². The van der Waals surface area contributed by atoms with Gasteiger partial charge in [0.25, 0.3) is 5.91 Å². The maximum absolute atomic E-state index is 12.8. The lowest BCUT2D eigenvalue weighted by molar-refractivity contribution is 0.0527. The molecule has 11 heteroatoms. The summed E-state index contributed by atoms with van der Waals surface area (Å²) in [4.78, 5) is 30.5. The molecular weight excluding hydrogens is 436 g/mol. The SMILES string of the molecule is CN(C)c1ccc(NC(=O)c2ccc(C#N)nc2NCCCCCNC(=O)OC(C)(C)C)nn1. The molecule has 0 aliphatic rings. The van der Waals surface area contributed by atoms with Crippen LogP contribution in [0.4, 0.5) is 22.2 Å². The fraction of sp³-hybridized carbons (Fsp3) is 0.478. The van der Waals surface area contributed by atoms with Crippen LogP contribution in [0.1, 0.15) is 56.1 Å². The third kappa shape index (κ3) is 8.90. The number of hydrogen-bond donors (Lipinski definition) is 3. The van der Waals surface area contributed by atoms with Gasteiger partial charge in [-0.05, 0) is 64.3 Å². The Morgan fingerprint density at radius 3 is 2.41 bits per heavy atom. The molecule has 0 bridgehead atoms. The molecule has 0 fully saturated rings. The third-order valence-corrected chi connectivity index (χ3v) is 4.42. The zero-order chi connectivity index (χ0) is 25.1. The van der Waals surface area contributed by atoms with E-state index in [1.807, 2.05) is 40.9 Å². The number of amides is 2. The van der Waals surface area contributed by atoms with E-state index in [-0.39, 0.29) is 5.69 Å². The number of unbranched alkanes of at least 4 members (excludes halogenated alkanes) is 2. The van der Waals surface area contributed by atoms with Crippen molar-refractivity contribution in [3.05, 3.63) is 35.5 Å². The Labute approximate surface area is 199 Å². The highest BCUT2D eigenvalue weighted by Crippen LogP contribution is 2.17. The van der Waals surface area contributed by atoms with Gasteiger partial charge in [0.2, 0.25) is 0 Å². The van der Waals surface area contributed by atoms with E-state index in [1.54, 1.807) is 23.1 Å². The van der Waals surface area contributed by atoms with Crippen molar-refractivity contribution in [2.75, 3.05) is 42.7 Å². The first-order valence-electron chi connectivity index (χ1n) is 11.0. The fourth-order valence-corrected chi connectivity index (χ4v) is 2.79. The number of carbonyl (C=O) groups is 2. The molecule has 0 aliphatic carbocycles. The van der Waals surface area contributed by atoms with Gasteiger partial charge in [-0.1, -0.05) is 0 Å². The highest BCUT2D eigenvalue weighted by Gasteiger charge is 2.16. The second-order valence-corrected chi connectivity index (χ2v) is 8.75. The summed E-state index contributed by atoms with van der Waals surface area (Å²) in [6.07, 6.45) is 1.98. The molecule has 2 rings (SSSR count). The Balaban J connectivity index is 1.87. The molecule has 0 unspecified atom stereocenters. The highest BCUT2D eigenvalue weighted by atomic mass is 16.6. The molecule has 2 aromatic rings. The smallest absolute Gasteiger partial charge is 0.407 e. The zero-order valence-electron chi connectivity index (χ0n) is 20.3. The van der Waals surface area contributed by atoms with Crippen LogP contribution in [-0.2, 0) is 4.74 Å². The minimum absolute atomic E-state index is 0.204. The van der Waals surface area contributed by atoms with Crippen LogP contribution in [0.2, 0.25) is 0 Å². The van der Waals surface area contributed by atoms with Gasteiger partial charge in [0.15, 0.2) is 11.6 Å². The average molecular weight is 469 g/mol. The minimum Gasteiger partial charge on any atom is -0.444 e. The molecule has 0 aromatic carbocycles. The van der Waals surface area contributed by atoms with E-state index in [0.29, 0.717) is 36.1 Å². The fourth-order valence-electron chi connectivity index (χ4n) is 2.79. The second kappa shape index (κ2) is 12.3. The van der Waals surface area contributed by atoms with Gasteiger partial charge in [-0.2, -0.15) is 5.26 Å². The summed E-state index contributed by atoms with van der Waals surface area (Å²) in [6, 6.07) is 8.43. The van der Waals surface area contributed by atoms with Gasteiger partial charge < -0.3 is 25.6 Å². The van der Waals surface area contributed by atoms with Gasteiger partial charge >= 0.3 is 6.09 Å². The Morgan fingerprint density at radius 1 is 1.06 bits per heavy atom. The Hall–Kier alpha value is -3.94. The summed E-state index contributed by atoms with van der Waals surface area (Å²) in [5.74, 6) is 0.888. The van der Waals surface area contributed by atoms with Gasteiger partial charge in [-0.25, -0.2) is 9.78 Å². The van der Waals surface area contributed by atoms with Gasteiger partial charge in [0, 0.05) is 27.2 Å². The maximum atomic E-state index is 12.8. The molecule has 0 atom stereocenters. The van der Waals surface area contributed by atoms with Crippen LogP contribution in [0, 0.1) is 11.3 Å². The number of carbonyl (C=O) groups excluding carboxylic acids is 2. The molecule has 2 amide bonds. The monoisotopic (exact) mass is 468 g/mol. The zero-order valence-corrected chi connectivity index (χ0v) is 20.3. The van der Waals surface area contributed by atoms with Crippen molar-refractivity contribution in [3.8, 4) is 6.07 Å². The molecule has 0 spiro atoms. The van der Waals surface area contributed by atoms with E-state index in [0.717, 1.165) is 19.3 Å². The van der Waals surface area contributed by atoms with Crippen molar-refractivity contribution < 1.29 is 14.3 Å². The normalized spacial score (nSPS) is 10.7. The predicted molar refractivity (Wildman–Crippen MR) is 130 cm³/mol. The minimum atomic E-state index is -0.523. The number of aromatic nitrogens is 3. The lowest BCUT2D eigenvalue weighted by Crippen LogP contribution is -2.33. The van der Waals surface area contributed by atoms with Crippen LogP contribution in [0.5, 0.6) is 0 Å². The maximum Gasteiger partial charge on any atom is 0.407 e. The highest BCUT2D eigenvalue weighted by molar-refractivity contribution is 6.07. The first-order chi connectivity index (χ1) is 16.1. The van der Waals surface area contributed by atoms with E-state index in [1.165, 1.54) is 6.07 Å². The number of nitrogens with one attached hydrogen (secondary N) is 3. The Bertz CT molecular complexity index is 1010. The van der Waals surface area contributed by atoms with E-state index < -0.39 is 17.6 Å². The van der Waals surface area contributed by atoms with Crippen molar-refractivity contribution in [3.63, 3.8) is 0 Å². The standard InChI is InChI=1S/C23H32N8O3/c1-23(2,3)34-22(33)26-14-8-6-7-13-25-20-17(10-9-16(15-24)27-20)21(32)28-18-11-12-19(30-29-18)31(4)5/h9-12H,6-8,13-14H2,1-5H3,(H,25,27)(H,26,33)(H,28,29,32). The largest absolute Gasteiger partial charge is 0.444 e. The number of anilines is 3. The first kappa shape index (κ1) is 26.3. The molecule has 2 aromatic heterocycles. The Morgan fingerprint density at radius 2 is 1.79 bits per heavy atom. The second-order valence-electron chi connectivity index (χ2n) is 8.75. The molecule has 0 aliphatic heterocycles. The van der Waals surface area contributed by atoms with Gasteiger partial charge in [0.1, 0.15) is 23.2 Å². The molecule has 2 heterocycles. The molecule has 0 radical (unpaired) electrons. The molecular formula is C23H32N8O3. The van der Waals surface area contributed by atoms with Crippen LogP contribution in [0.25, 0.3) is 0 Å².